The summed E-state index contributed by atoms with van der Waals surface area (Å²) in [5, 5.41) is -0.115. The number of esters is 1. The highest BCUT2D eigenvalue weighted by molar-refractivity contribution is 8.00. The van der Waals surface area contributed by atoms with E-state index < -0.39 is 17.0 Å². The van der Waals surface area contributed by atoms with Crippen LogP contribution in [-0.4, -0.2) is 27.8 Å². The van der Waals surface area contributed by atoms with E-state index in [4.69, 9.17) is 4.74 Å². The van der Waals surface area contributed by atoms with Gasteiger partial charge in [-0.3, -0.25) is 4.79 Å². The quantitative estimate of drug-likeness (QED) is 0.456. The van der Waals surface area contributed by atoms with Gasteiger partial charge in [0.1, 0.15) is 5.25 Å². The maximum absolute atomic E-state index is 12.8. The Morgan fingerprint density at radius 1 is 1.25 bits per heavy atom. The number of aromatic nitrogens is 2. The van der Waals surface area contributed by atoms with Crippen LogP contribution in [0.15, 0.2) is 41.8 Å². The summed E-state index contributed by atoms with van der Waals surface area (Å²) in [5.74, 6) is -0.368. The molecule has 0 N–H and O–H groups in total. The molecule has 4 nitrogen and oxygen atoms in total. The topological polar surface area (TPSA) is 52.1 Å². The van der Waals surface area contributed by atoms with Crippen molar-refractivity contribution in [3.8, 4) is 11.1 Å². The third-order valence-corrected chi connectivity index (χ3v) is 4.02. The van der Waals surface area contributed by atoms with Gasteiger partial charge in [-0.1, -0.05) is 23.9 Å². The average Bonchev–Trinajstić information content (AvgIpc) is 2.55. The maximum atomic E-state index is 12.8. The first-order valence-electron chi connectivity index (χ1n) is 7.14. The molecule has 2 rings (SSSR count). The molecule has 0 fully saturated rings. The highest BCUT2D eigenvalue weighted by atomic mass is 32.2. The molecule has 1 aromatic heterocycles. The molecule has 0 aliphatic carbocycles. The fourth-order valence-corrected chi connectivity index (χ4v) is 2.57. The number of hydrogen-bond acceptors (Lipinski definition) is 5. The molecular weight excluding hydrogens is 341 g/mol. The Labute approximate surface area is 141 Å². The number of hydrogen-bond donors (Lipinski definition) is 0. The van der Waals surface area contributed by atoms with Gasteiger partial charge in [0.15, 0.2) is 5.16 Å². The van der Waals surface area contributed by atoms with Gasteiger partial charge in [0.05, 0.1) is 12.2 Å². The number of carbonyl (C=O) groups is 1. The van der Waals surface area contributed by atoms with E-state index in [0.717, 1.165) is 23.9 Å². The molecule has 0 aliphatic heterocycles. The number of benzene rings is 1. The Hall–Kier alpha value is -2.09. The molecule has 2 aromatic rings. The lowest BCUT2D eigenvalue weighted by Gasteiger charge is -2.10. The molecule has 24 heavy (non-hydrogen) atoms. The van der Waals surface area contributed by atoms with Gasteiger partial charge >= 0.3 is 12.1 Å². The van der Waals surface area contributed by atoms with E-state index in [0.29, 0.717) is 22.9 Å². The predicted molar refractivity (Wildman–Crippen MR) is 84.4 cm³/mol. The van der Waals surface area contributed by atoms with Crippen LogP contribution in [0.5, 0.6) is 0 Å². The van der Waals surface area contributed by atoms with Gasteiger partial charge in [-0.2, -0.15) is 13.2 Å². The van der Waals surface area contributed by atoms with Gasteiger partial charge < -0.3 is 4.74 Å². The molecule has 0 unspecified atom stereocenters. The molecule has 0 aliphatic rings. The van der Waals surface area contributed by atoms with Crippen molar-refractivity contribution in [2.24, 2.45) is 0 Å². The van der Waals surface area contributed by atoms with Crippen LogP contribution in [0.2, 0.25) is 0 Å². The van der Waals surface area contributed by atoms with Gasteiger partial charge in [-0.25, -0.2) is 9.97 Å². The number of rotatable bonds is 5. The Morgan fingerprint density at radius 3 is 2.50 bits per heavy atom. The van der Waals surface area contributed by atoms with Gasteiger partial charge in [0.25, 0.3) is 0 Å². The molecule has 1 aromatic carbocycles. The molecule has 0 saturated carbocycles. The van der Waals surface area contributed by atoms with E-state index in [1.165, 1.54) is 18.5 Å². The van der Waals surface area contributed by atoms with Crippen molar-refractivity contribution < 1.29 is 22.7 Å². The van der Waals surface area contributed by atoms with E-state index in [9.17, 15) is 18.0 Å². The fourth-order valence-electron chi connectivity index (χ4n) is 1.87. The summed E-state index contributed by atoms with van der Waals surface area (Å²) < 4.78 is 43.1. The van der Waals surface area contributed by atoms with E-state index in [1.54, 1.807) is 19.9 Å². The second kappa shape index (κ2) is 7.65. The van der Waals surface area contributed by atoms with Crippen molar-refractivity contribution in [2.45, 2.75) is 30.4 Å². The van der Waals surface area contributed by atoms with Crippen molar-refractivity contribution >= 4 is 17.7 Å². The third kappa shape index (κ3) is 4.70. The van der Waals surface area contributed by atoms with E-state index in [2.05, 4.69) is 9.97 Å². The molecule has 0 radical (unpaired) electrons. The smallest absolute Gasteiger partial charge is 0.416 e. The van der Waals surface area contributed by atoms with E-state index in [-0.39, 0.29) is 5.97 Å². The number of carbonyl (C=O) groups excluding carboxylic acids is 1. The number of nitrogens with zero attached hydrogens (tertiary/aromatic N) is 2. The second-order valence-electron chi connectivity index (χ2n) is 4.85. The number of alkyl halides is 3. The first-order valence-corrected chi connectivity index (χ1v) is 8.02. The number of halogens is 3. The van der Waals surface area contributed by atoms with Crippen LogP contribution in [0.4, 0.5) is 13.2 Å². The molecule has 1 atom stereocenters. The summed E-state index contributed by atoms with van der Waals surface area (Å²) in [6.07, 6.45) is -1.53. The van der Waals surface area contributed by atoms with Gasteiger partial charge in [-0.15, -0.1) is 0 Å². The van der Waals surface area contributed by atoms with Crippen LogP contribution in [0.1, 0.15) is 19.4 Å². The molecule has 0 saturated heterocycles. The van der Waals surface area contributed by atoms with Crippen LogP contribution in [0.3, 0.4) is 0 Å². The lowest BCUT2D eigenvalue weighted by atomic mass is 10.1. The van der Waals surface area contributed by atoms with Crippen molar-refractivity contribution in [2.75, 3.05) is 6.61 Å². The molecule has 0 bridgehead atoms. The molecule has 0 spiro atoms. The average molecular weight is 356 g/mol. The maximum Gasteiger partial charge on any atom is 0.416 e. The molecule has 1 heterocycles. The summed E-state index contributed by atoms with van der Waals surface area (Å²) in [7, 11) is 0. The first kappa shape index (κ1) is 18.3. The van der Waals surface area contributed by atoms with Gasteiger partial charge in [-0.05, 0) is 31.5 Å². The number of thioether (sulfide) groups is 1. The fraction of sp³-hybridized carbons (Fsp3) is 0.312. The summed E-state index contributed by atoms with van der Waals surface area (Å²) in [6, 6.07) is 4.95. The zero-order chi connectivity index (χ0) is 17.7. The lowest BCUT2D eigenvalue weighted by molar-refractivity contribution is -0.142. The normalized spacial score (nSPS) is 12.7. The molecule has 128 valence electrons. The SMILES string of the molecule is CCOC(=O)[C@@H](C)Sc1ncc(-c2cccc(C(F)(F)F)c2)cn1. The van der Waals surface area contributed by atoms with Crippen LogP contribution in [0.25, 0.3) is 11.1 Å². The molecule has 8 heteroatoms. The summed E-state index contributed by atoms with van der Waals surface area (Å²) in [6.45, 7) is 3.68. The first-order chi connectivity index (χ1) is 11.3. The highest BCUT2D eigenvalue weighted by Crippen LogP contribution is 2.32. The van der Waals surface area contributed by atoms with Crippen LogP contribution < -0.4 is 0 Å². The van der Waals surface area contributed by atoms with Gasteiger partial charge in [0.2, 0.25) is 0 Å². The Balaban J connectivity index is 2.14. The van der Waals surface area contributed by atoms with Crippen molar-refractivity contribution in [1.82, 2.24) is 9.97 Å². The lowest BCUT2D eigenvalue weighted by Crippen LogP contribution is -2.17. The zero-order valence-electron chi connectivity index (χ0n) is 13.0. The monoisotopic (exact) mass is 356 g/mol. The van der Waals surface area contributed by atoms with Crippen molar-refractivity contribution in [1.29, 1.82) is 0 Å². The minimum atomic E-state index is -4.40. The zero-order valence-corrected chi connectivity index (χ0v) is 13.8. The second-order valence-corrected chi connectivity index (χ2v) is 6.15. The van der Waals surface area contributed by atoms with Gasteiger partial charge in [0, 0.05) is 18.0 Å². The Morgan fingerprint density at radius 2 is 1.92 bits per heavy atom. The number of ether oxygens (including phenoxy) is 1. The predicted octanol–water partition coefficient (Wildman–Crippen LogP) is 4.21. The Kier molecular flexibility index (Phi) is 5.82. The van der Waals surface area contributed by atoms with Crippen molar-refractivity contribution in [3.05, 3.63) is 42.2 Å². The highest BCUT2D eigenvalue weighted by Gasteiger charge is 2.30. The third-order valence-electron chi connectivity index (χ3n) is 3.05. The standard InChI is InChI=1S/C16H15F3N2O2S/c1-3-23-14(22)10(2)24-15-20-8-12(9-21-15)11-5-4-6-13(7-11)16(17,18)19/h4-10H,3H2,1-2H3/t10-/m1/s1. The summed E-state index contributed by atoms with van der Waals surface area (Å²) >= 11 is 1.13. The van der Waals surface area contributed by atoms with E-state index >= 15 is 0 Å². The molecule has 0 amide bonds. The minimum absolute atomic E-state index is 0.291. The minimum Gasteiger partial charge on any atom is -0.465 e. The largest absolute Gasteiger partial charge is 0.465 e. The van der Waals surface area contributed by atoms with Crippen LogP contribution >= 0.6 is 11.8 Å². The Bertz CT molecular complexity index is 705. The summed E-state index contributed by atoms with van der Waals surface area (Å²) in [5.41, 5.74) is 0.114. The van der Waals surface area contributed by atoms with Crippen LogP contribution in [0, 0.1) is 0 Å². The molecular formula is C16H15F3N2O2S. The van der Waals surface area contributed by atoms with E-state index in [1.807, 2.05) is 0 Å². The summed E-state index contributed by atoms with van der Waals surface area (Å²) in [4.78, 5) is 19.7. The van der Waals surface area contributed by atoms with Crippen LogP contribution in [-0.2, 0) is 15.7 Å². The van der Waals surface area contributed by atoms with Crippen molar-refractivity contribution in [3.63, 3.8) is 0 Å².